The number of nitrogens with one attached hydrogen (secondary N) is 3. The molecular weight excluding hydrogens is 274 g/mol. The van der Waals surface area contributed by atoms with Gasteiger partial charge in [0.1, 0.15) is 0 Å². The zero-order valence-electron chi connectivity index (χ0n) is 8.71. The van der Waals surface area contributed by atoms with Gasteiger partial charge in [-0.25, -0.2) is 10.2 Å². The molecule has 1 rings (SSSR count). The van der Waals surface area contributed by atoms with Crippen molar-refractivity contribution < 1.29 is 9.59 Å². The molecule has 0 saturated heterocycles. The van der Waals surface area contributed by atoms with Gasteiger partial charge in [0, 0.05) is 16.6 Å². The highest BCUT2D eigenvalue weighted by Gasteiger charge is 2.06. The summed E-state index contributed by atoms with van der Waals surface area (Å²) in [6, 6.07) is 6.43. The van der Waals surface area contributed by atoms with Crippen LogP contribution in [0.2, 0.25) is 0 Å². The lowest BCUT2D eigenvalue weighted by molar-refractivity contribution is 0.0936. The van der Waals surface area contributed by atoms with Crippen molar-refractivity contribution in [3.63, 3.8) is 0 Å². The van der Waals surface area contributed by atoms with Crippen LogP contribution in [-0.2, 0) is 0 Å². The predicted octanol–water partition coefficient (Wildman–Crippen LogP) is 1.41. The summed E-state index contributed by atoms with van der Waals surface area (Å²) in [6.45, 7) is 2.29. The highest BCUT2D eigenvalue weighted by Crippen LogP contribution is 2.10. The first-order valence-electron chi connectivity index (χ1n) is 4.73. The van der Waals surface area contributed by atoms with E-state index in [1.54, 1.807) is 25.1 Å². The van der Waals surface area contributed by atoms with Crippen LogP contribution in [0.5, 0.6) is 0 Å². The quantitative estimate of drug-likeness (QED) is 0.719. The van der Waals surface area contributed by atoms with Crippen molar-refractivity contribution >= 4 is 27.9 Å². The number of urea groups is 1. The van der Waals surface area contributed by atoms with Gasteiger partial charge in [-0.15, -0.1) is 0 Å². The number of carbonyl (C=O) groups excluding carboxylic acids is 2. The summed E-state index contributed by atoms with van der Waals surface area (Å²) in [5.41, 5.74) is 4.99. The molecule has 0 bridgehead atoms. The monoisotopic (exact) mass is 285 g/mol. The Morgan fingerprint density at radius 3 is 2.69 bits per heavy atom. The lowest BCUT2D eigenvalue weighted by atomic mass is 10.2. The summed E-state index contributed by atoms with van der Waals surface area (Å²) in [5.74, 6) is -0.368. The maximum absolute atomic E-state index is 11.5. The van der Waals surface area contributed by atoms with Crippen LogP contribution < -0.4 is 16.2 Å². The second kappa shape index (κ2) is 6.12. The van der Waals surface area contributed by atoms with Crippen molar-refractivity contribution in [1.29, 1.82) is 0 Å². The van der Waals surface area contributed by atoms with Gasteiger partial charge in [0.2, 0.25) is 0 Å². The van der Waals surface area contributed by atoms with Crippen LogP contribution in [0.3, 0.4) is 0 Å². The fraction of sp³-hybridized carbons (Fsp3) is 0.200. The largest absolute Gasteiger partial charge is 0.337 e. The Morgan fingerprint density at radius 2 is 2.06 bits per heavy atom. The summed E-state index contributed by atoms with van der Waals surface area (Å²) in [4.78, 5) is 22.5. The molecule has 0 heterocycles. The van der Waals surface area contributed by atoms with Crippen molar-refractivity contribution in [3.05, 3.63) is 34.3 Å². The number of hydrogen-bond acceptors (Lipinski definition) is 2. The highest BCUT2D eigenvalue weighted by molar-refractivity contribution is 9.10. The first kappa shape index (κ1) is 12.5. The Kier molecular flexibility index (Phi) is 4.78. The molecule has 5 nitrogen and oxygen atoms in total. The van der Waals surface area contributed by atoms with Crippen LogP contribution in [0.15, 0.2) is 28.7 Å². The second-order valence-corrected chi connectivity index (χ2v) is 3.86. The van der Waals surface area contributed by atoms with Gasteiger partial charge in [-0.3, -0.25) is 10.2 Å². The van der Waals surface area contributed by atoms with Crippen molar-refractivity contribution in [1.82, 2.24) is 16.2 Å². The van der Waals surface area contributed by atoms with E-state index >= 15 is 0 Å². The molecule has 3 N–H and O–H groups in total. The van der Waals surface area contributed by atoms with Crippen LogP contribution >= 0.6 is 15.9 Å². The van der Waals surface area contributed by atoms with Crippen LogP contribution in [0.25, 0.3) is 0 Å². The summed E-state index contributed by atoms with van der Waals surface area (Å²) >= 11 is 3.26. The Labute approximate surface area is 102 Å². The van der Waals surface area contributed by atoms with E-state index in [4.69, 9.17) is 0 Å². The van der Waals surface area contributed by atoms with E-state index in [-0.39, 0.29) is 5.91 Å². The van der Waals surface area contributed by atoms with Gasteiger partial charge in [0.15, 0.2) is 0 Å². The van der Waals surface area contributed by atoms with Gasteiger partial charge >= 0.3 is 6.03 Å². The van der Waals surface area contributed by atoms with E-state index in [0.29, 0.717) is 12.1 Å². The lowest BCUT2D eigenvalue weighted by Gasteiger charge is -2.07. The van der Waals surface area contributed by atoms with E-state index < -0.39 is 6.03 Å². The maximum Gasteiger partial charge on any atom is 0.333 e. The Bertz CT molecular complexity index is 395. The van der Waals surface area contributed by atoms with Crippen molar-refractivity contribution in [3.8, 4) is 0 Å². The van der Waals surface area contributed by atoms with E-state index in [1.165, 1.54) is 0 Å². The van der Waals surface area contributed by atoms with Gasteiger partial charge in [-0.2, -0.15) is 0 Å². The second-order valence-electron chi connectivity index (χ2n) is 2.95. The fourth-order valence-electron chi connectivity index (χ4n) is 1.02. The van der Waals surface area contributed by atoms with Crippen LogP contribution in [0.4, 0.5) is 4.79 Å². The molecule has 0 aliphatic heterocycles. The topological polar surface area (TPSA) is 70.2 Å². The number of rotatable bonds is 2. The average molecular weight is 286 g/mol. The normalized spacial score (nSPS) is 9.38. The predicted molar refractivity (Wildman–Crippen MR) is 63.8 cm³/mol. The molecule has 6 heteroatoms. The molecule has 0 spiro atoms. The molecule has 0 atom stereocenters. The van der Waals surface area contributed by atoms with E-state index in [1.807, 2.05) is 6.07 Å². The standard InChI is InChI=1S/C10H12BrN3O2/c1-2-12-10(16)14-13-9(15)7-4-3-5-8(11)6-7/h3-6H,2H2,1H3,(H,13,15)(H2,12,14,16). The molecule has 0 saturated carbocycles. The zero-order valence-corrected chi connectivity index (χ0v) is 10.3. The minimum Gasteiger partial charge on any atom is -0.337 e. The number of hydrogen-bond donors (Lipinski definition) is 3. The van der Waals surface area contributed by atoms with Gasteiger partial charge in [0.05, 0.1) is 0 Å². The Balaban J connectivity index is 2.50. The van der Waals surface area contributed by atoms with E-state index in [2.05, 4.69) is 32.1 Å². The third-order valence-electron chi connectivity index (χ3n) is 1.71. The fourth-order valence-corrected chi connectivity index (χ4v) is 1.42. The lowest BCUT2D eigenvalue weighted by Crippen LogP contribution is -2.46. The SMILES string of the molecule is CCNC(=O)NNC(=O)c1cccc(Br)c1. The molecule has 86 valence electrons. The van der Waals surface area contributed by atoms with Crippen molar-refractivity contribution in [2.75, 3.05) is 6.54 Å². The molecule has 1 aromatic carbocycles. The molecule has 0 radical (unpaired) electrons. The Morgan fingerprint density at radius 1 is 1.31 bits per heavy atom. The first-order valence-corrected chi connectivity index (χ1v) is 5.52. The summed E-state index contributed by atoms with van der Waals surface area (Å²) < 4.78 is 0.804. The van der Waals surface area contributed by atoms with E-state index in [0.717, 1.165) is 4.47 Å². The number of benzene rings is 1. The zero-order chi connectivity index (χ0) is 12.0. The van der Waals surface area contributed by atoms with Gasteiger partial charge < -0.3 is 5.32 Å². The number of amides is 3. The third-order valence-corrected chi connectivity index (χ3v) is 2.21. The minimum atomic E-state index is -0.439. The van der Waals surface area contributed by atoms with Gasteiger partial charge in [-0.05, 0) is 25.1 Å². The van der Waals surface area contributed by atoms with Gasteiger partial charge in [-0.1, -0.05) is 22.0 Å². The molecule has 0 unspecified atom stereocenters. The van der Waals surface area contributed by atoms with Crippen molar-refractivity contribution in [2.24, 2.45) is 0 Å². The van der Waals surface area contributed by atoms with Crippen LogP contribution in [0, 0.1) is 0 Å². The highest BCUT2D eigenvalue weighted by atomic mass is 79.9. The molecule has 0 aliphatic rings. The first-order chi connectivity index (χ1) is 7.63. The molecule has 1 aromatic rings. The number of halogens is 1. The molecule has 16 heavy (non-hydrogen) atoms. The summed E-state index contributed by atoms with van der Waals surface area (Å²) in [6.07, 6.45) is 0. The molecule has 0 aromatic heterocycles. The smallest absolute Gasteiger partial charge is 0.333 e. The Hall–Kier alpha value is -1.56. The summed E-state index contributed by atoms with van der Waals surface area (Å²) in [5, 5.41) is 2.49. The average Bonchev–Trinajstić information content (AvgIpc) is 2.26. The maximum atomic E-state index is 11.5. The number of hydrazine groups is 1. The third kappa shape index (κ3) is 3.90. The molecule has 0 fully saturated rings. The van der Waals surface area contributed by atoms with Crippen LogP contribution in [-0.4, -0.2) is 18.5 Å². The minimum absolute atomic E-state index is 0.368. The molecular formula is C10H12BrN3O2. The van der Waals surface area contributed by atoms with Crippen LogP contribution in [0.1, 0.15) is 17.3 Å². The molecule has 3 amide bonds. The van der Waals surface area contributed by atoms with Gasteiger partial charge in [0.25, 0.3) is 5.91 Å². The molecule has 0 aliphatic carbocycles. The summed E-state index contributed by atoms with van der Waals surface area (Å²) in [7, 11) is 0. The van der Waals surface area contributed by atoms with Crippen molar-refractivity contribution in [2.45, 2.75) is 6.92 Å². The van der Waals surface area contributed by atoms with E-state index in [9.17, 15) is 9.59 Å². The number of carbonyl (C=O) groups is 2.